The van der Waals surface area contributed by atoms with Crippen LogP contribution in [0.1, 0.15) is 38.1 Å². The fraction of sp³-hybridized carbons (Fsp3) is 0.524. The van der Waals surface area contributed by atoms with Gasteiger partial charge in [0.15, 0.2) is 5.96 Å². The van der Waals surface area contributed by atoms with Gasteiger partial charge in [-0.15, -0.1) is 35.3 Å². The maximum Gasteiger partial charge on any atom is 0.191 e. The lowest BCUT2D eigenvalue weighted by molar-refractivity contribution is 0.0982. The van der Waals surface area contributed by atoms with Crippen LogP contribution in [0.2, 0.25) is 0 Å². The molecule has 2 heterocycles. The summed E-state index contributed by atoms with van der Waals surface area (Å²) in [5.74, 6) is 0.830. The zero-order valence-electron chi connectivity index (χ0n) is 17.1. The van der Waals surface area contributed by atoms with Crippen LogP contribution in [0.25, 0.3) is 11.3 Å². The number of rotatable bonds is 6. The molecule has 1 aromatic heterocycles. The van der Waals surface area contributed by atoms with E-state index in [0.29, 0.717) is 6.54 Å². The fourth-order valence-electron chi connectivity index (χ4n) is 3.42. The lowest BCUT2D eigenvalue weighted by atomic mass is 9.98. The third kappa shape index (κ3) is 6.42. The van der Waals surface area contributed by atoms with Gasteiger partial charge in [0.2, 0.25) is 0 Å². The van der Waals surface area contributed by atoms with Crippen LogP contribution >= 0.6 is 35.3 Å². The number of benzene rings is 1. The highest BCUT2D eigenvalue weighted by molar-refractivity contribution is 14.0. The SMILES string of the molecule is CN=C(NCc1nc(-c2ccccc2)cs1)NCC(C)(C)N1CCCCC1.I. The average Bonchev–Trinajstić information content (AvgIpc) is 3.18. The van der Waals surface area contributed by atoms with Gasteiger partial charge < -0.3 is 10.6 Å². The standard InChI is InChI=1S/C21H31N5S.HI/c1-21(2,26-12-8-5-9-13-26)16-24-20(22-3)23-14-19-25-18(15-27-19)17-10-6-4-7-11-17;/h4,6-7,10-11,15H,5,8-9,12-14,16H2,1-3H3,(H2,22,23,24);1H. The van der Waals surface area contributed by atoms with Crippen LogP contribution in [-0.2, 0) is 6.54 Å². The van der Waals surface area contributed by atoms with Crippen molar-refractivity contribution in [1.29, 1.82) is 0 Å². The van der Waals surface area contributed by atoms with Gasteiger partial charge in [0.1, 0.15) is 5.01 Å². The van der Waals surface area contributed by atoms with Gasteiger partial charge in [-0.25, -0.2) is 4.98 Å². The van der Waals surface area contributed by atoms with Crippen molar-refractivity contribution in [2.75, 3.05) is 26.7 Å². The molecule has 0 amide bonds. The van der Waals surface area contributed by atoms with E-state index in [-0.39, 0.29) is 29.5 Å². The van der Waals surface area contributed by atoms with Gasteiger partial charge in [0.25, 0.3) is 0 Å². The summed E-state index contributed by atoms with van der Waals surface area (Å²) in [6, 6.07) is 10.3. The predicted octanol–water partition coefficient (Wildman–Crippen LogP) is 4.36. The van der Waals surface area contributed by atoms with Crippen LogP contribution < -0.4 is 10.6 Å². The first-order valence-corrected chi connectivity index (χ1v) is 10.7. The number of aromatic nitrogens is 1. The van der Waals surface area contributed by atoms with Gasteiger partial charge in [0.05, 0.1) is 12.2 Å². The number of hydrogen-bond donors (Lipinski definition) is 2. The number of likely N-dealkylation sites (tertiary alicyclic amines) is 1. The van der Waals surface area contributed by atoms with Crippen LogP contribution in [0.15, 0.2) is 40.7 Å². The summed E-state index contributed by atoms with van der Waals surface area (Å²) in [6.45, 7) is 8.57. The molecule has 1 aliphatic rings. The van der Waals surface area contributed by atoms with Crippen molar-refractivity contribution in [2.24, 2.45) is 4.99 Å². The molecule has 2 aromatic rings. The van der Waals surface area contributed by atoms with Crippen LogP contribution in [0.4, 0.5) is 0 Å². The Bertz CT molecular complexity index is 738. The topological polar surface area (TPSA) is 52.6 Å². The number of thiazole rings is 1. The molecule has 7 heteroatoms. The average molecular weight is 513 g/mol. The summed E-state index contributed by atoms with van der Waals surface area (Å²) in [5.41, 5.74) is 2.32. The molecule has 0 aliphatic carbocycles. The molecular formula is C21H32IN5S. The Kier molecular flexibility index (Phi) is 9.17. The van der Waals surface area contributed by atoms with Crippen LogP contribution in [0.5, 0.6) is 0 Å². The predicted molar refractivity (Wildman–Crippen MR) is 131 cm³/mol. The first kappa shape index (κ1) is 23.1. The summed E-state index contributed by atoms with van der Waals surface area (Å²) in [7, 11) is 1.82. The number of hydrogen-bond acceptors (Lipinski definition) is 4. The van der Waals surface area contributed by atoms with Crippen molar-refractivity contribution in [3.63, 3.8) is 0 Å². The maximum atomic E-state index is 4.73. The summed E-state index contributed by atoms with van der Waals surface area (Å²) < 4.78 is 0. The smallest absolute Gasteiger partial charge is 0.191 e. The van der Waals surface area contributed by atoms with Crippen LogP contribution in [0, 0.1) is 0 Å². The van der Waals surface area contributed by atoms with Gasteiger partial charge in [0, 0.05) is 30.1 Å². The molecule has 0 bridgehead atoms. The maximum absolute atomic E-state index is 4.73. The van der Waals surface area contributed by atoms with Crippen molar-refractivity contribution in [3.05, 3.63) is 40.7 Å². The van der Waals surface area contributed by atoms with E-state index in [1.165, 1.54) is 32.4 Å². The van der Waals surface area contributed by atoms with Crippen LogP contribution in [-0.4, -0.2) is 48.1 Å². The van der Waals surface area contributed by atoms with Gasteiger partial charge >= 0.3 is 0 Å². The molecule has 28 heavy (non-hydrogen) atoms. The number of halogens is 1. The van der Waals surface area contributed by atoms with E-state index >= 15 is 0 Å². The Morgan fingerprint density at radius 3 is 2.54 bits per heavy atom. The van der Waals surface area contributed by atoms with E-state index in [1.54, 1.807) is 11.3 Å². The molecule has 1 saturated heterocycles. The van der Waals surface area contributed by atoms with Crippen molar-refractivity contribution >= 4 is 41.3 Å². The second-order valence-electron chi connectivity index (χ2n) is 7.63. The first-order valence-electron chi connectivity index (χ1n) is 9.78. The third-order valence-electron chi connectivity index (χ3n) is 5.15. The molecule has 0 saturated carbocycles. The van der Waals surface area contributed by atoms with E-state index in [2.05, 4.69) is 51.9 Å². The molecule has 0 unspecified atom stereocenters. The summed E-state index contributed by atoms with van der Waals surface area (Å²) in [4.78, 5) is 11.7. The quantitative estimate of drug-likeness (QED) is 0.343. The molecule has 1 fully saturated rings. The van der Waals surface area contributed by atoms with E-state index in [4.69, 9.17) is 4.98 Å². The number of aliphatic imine (C=N–C) groups is 1. The minimum Gasteiger partial charge on any atom is -0.355 e. The molecule has 1 aliphatic heterocycles. The molecule has 1 aromatic carbocycles. The minimum absolute atomic E-state index is 0. The van der Waals surface area contributed by atoms with E-state index in [9.17, 15) is 0 Å². The van der Waals surface area contributed by atoms with Crippen molar-refractivity contribution in [1.82, 2.24) is 20.5 Å². The van der Waals surface area contributed by atoms with Crippen LogP contribution in [0.3, 0.4) is 0 Å². The van der Waals surface area contributed by atoms with E-state index in [0.717, 1.165) is 28.8 Å². The highest BCUT2D eigenvalue weighted by atomic mass is 127. The van der Waals surface area contributed by atoms with E-state index < -0.39 is 0 Å². The molecule has 5 nitrogen and oxygen atoms in total. The monoisotopic (exact) mass is 513 g/mol. The van der Waals surface area contributed by atoms with Crippen molar-refractivity contribution < 1.29 is 0 Å². The summed E-state index contributed by atoms with van der Waals surface area (Å²) >= 11 is 1.68. The normalized spacial score (nSPS) is 15.8. The Morgan fingerprint density at radius 1 is 1.14 bits per heavy atom. The summed E-state index contributed by atoms with van der Waals surface area (Å²) in [6.07, 6.45) is 3.98. The van der Waals surface area contributed by atoms with Gasteiger partial charge in [-0.1, -0.05) is 36.8 Å². The largest absolute Gasteiger partial charge is 0.355 e. The molecule has 0 atom stereocenters. The Balaban J connectivity index is 0.00000280. The number of piperidine rings is 1. The Labute approximate surface area is 190 Å². The van der Waals surface area contributed by atoms with Gasteiger partial charge in [-0.2, -0.15) is 0 Å². The van der Waals surface area contributed by atoms with E-state index in [1.807, 2.05) is 25.2 Å². The minimum atomic E-state index is 0. The second-order valence-corrected chi connectivity index (χ2v) is 8.57. The number of guanidine groups is 1. The Morgan fingerprint density at radius 2 is 1.86 bits per heavy atom. The molecule has 2 N–H and O–H groups in total. The van der Waals surface area contributed by atoms with Crippen molar-refractivity contribution in [3.8, 4) is 11.3 Å². The summed E-state index contributed by atoms with van der Waals surface area (Å²) in [5, 5.41) is 10.1. The lowest BCUT2D eigenvalue weighted by Gasteiger charge is -2.41. The highest BCUT2D eigenvalue weighted by Crippen LogP contribution is 2.22. The van der Waals surface area contributed by atoms with Gasteiger partial charge in [-0.3, -0.25) is 9.89 Å². The van der Waals surface area contributed by atoms with Gasteiger partial charge in [-0.05, 0) is 39.8 Å². The third-order valence-corrected chi connectivity index (χ3v) is 6.00. The number of nitrogens with zero attached hydrogens (tertiary/aromatic N) is 3. The molecule has 154 valence electrons. The molecule has 3 rings (SSSR count). The zero-order valence-corrected chi connectivity index (χ0v) is 20.2. The molecular weight excluding hydrogens is 481 g/mol. The molecule has 0 spiro atoms. The second kappa shape index (κ2) is 11.1. The van der Waals surface area contributed by atoms with Crippen molar-refractivity contribution in [2.45, 2.75) is 45.2 Å². The Hall–Kier alpha value is -1.19. The first-order chi connectivity index (χ1) is 13.1. The highest BCUT2D eigenvalue weighted by Gasteiger charge is 2.27. The lowest BCUT2D eigenvalue weighted by Crippen LogP contribution is -2.54. The molecule has 0 radical (unpaired) electrons. The number of nitrogens with one attached hydrogen (secondary N) is 2. The fourth-order valence-corrected chi connectivity index (χ4v) is 4.17. The zero-order chi connectivity index (χ0) is 19.1.